The summed E-state index contributed by atoms with van der Waals surface area (Å²) in [6, 6.07) is 8.30. The van der Waals surface area contributed by atoms with Gasteiger partial charge in [0.05, 0.1) is 0 Å². The van der Waals surface area contributed by atoms with E-state index in [0.717, 1.165) is 0 Å². The SMILES string of the molecule is Cc1ccccc1C(C)NC(C)CCCC(F)(F)F. The standard InChI is InChI=1S/C15H22F3N/c1-11-7-4-5-9-14(11)13(3)19-12(2)8-6-10-15(16,17)18/h4-5,7,9,12-13,19H,6,8,10H2,1-3H3. The Morgan fingerprint density at radius 3 is 2.37 bits per heavy atom. The molecule has 0 bridgehead atoms. The average Bonchev–Trinajstić information content (AvgIpc) is 2.27. The largest absolute Gasteiger partial charge is 0.389 e. The molecule has 0 spiro atoms. The highest BCUT2D eigenvalue weighted by molar-refractivity contribution is 5.28. The lowest BCUT2D eigenvalue weighted by Gasteiger charge is -2.22. The van der Waals surface area contributed by atoms with Gasteiger partial charge in [0.15, 0.2) is 0 Å². The molecule has 0 radical (unpaired) electrons. The molecule has 0 heterocycles. The average molecular weight is 273 g/mol. The lowest BCUT2D eigenvalue weighted by atomic mass is 10.0. The molecule has 108 valence electrons. The fraction of sp³-hybridized carbons (Fsp3) is 0.600. The Balaban J connectivity index is 2.40. The first-order valence-corrected chi connectivity index (χ1v) is 6.68. The molecule has 0 fully saturated rings. The van der Waals surface area contributed by atoms with E-state index in [1.807, 2.05) is 39.0 Å². The molecule has 1 aromatic rings. The molecular formula is C15H22F3N. The van der Waals surface area contributed by atoms with Crippen molar-refractivity contribution in [1.82, 2.24) is 5.32 Å². The van der Waals surface area contributed by atoms with Gasteiger partial charge < -0.3 is 5.32 Å². The van der Waals surface area contributed by atoms with Gasteiger partial charge in [-0.3, -0.25) is 0 Å². The van der Waals surface area contributed by atoms with E-state index in [1.54, 1.807) is 0 Å². The molecular weight excluding hydrogens is 251 g/mol. The van der Waals surface area contributed by atoms with Gasteiger partial charge >= 0.3 is 6.18 Å². The number of hydrogen-bond donors (Lipinski definition) is 1. The van der Waals surface area contributed by atoms with E-state index in [1.165, 1.54) is 11.1 Å². The van der Waals surface area contributed by atoms with E-state index < -0.39 is 12.6 Å². The highest BCUT2D eigenvalue weighted by Crippen LogP contribution is 2.23. The Morgan fingerprint density at radius 1 is 1.16 bits per heavy atom. The summed E-state index contributed by atoms with van der Waals surface area (Å²) in [4.78, 5) is 0. The van der Waals surface area contributed by atoms with Gasteiger partial charge in [-0.25, -0.2) is 0 Å². The Morgan fingerprint density at radius 2 is 1.79 bits per heavy atom. The summed E-state index contributed by atoms with van der Waals surface area (Å²) in [6.07, 6.45) is -4.02. The van der Waals surface area contributed by atoms with Gasteiger partial charge in [0.2, 0.25) is 0 Å². The summed E-state index contributed by atoms with van der Waals surface area (Å²) in [6.45, 7) is 6.02. The molecule has 0 saturated heterocycles. The molecule has 0 amide bonds. The molecule has 0 aromatic heterocycles. The molecule has 19 heavy (non-hydrogen) atoms. The van der Waals surface area contributed by atoms with Crippen LogP contribution < -0.4 is 5.32 Å². The fourth-order valence-corrected chi connectivity index (χ4v) is 2.28. The third-order valence-electron chi connectivity index (χ3n) is 3.29. The third kappa shape index (κ3) is 6.10. The molecule has 0 aliphatic carbocycles. The highest BCUT2D eigenvalue weighted by Gasteiger charge is 2.26. The molecule has 4 heteroatoms. The topological polar surface area (TPSA) is 12.0 Å². The van der Waals surface area contributed by atoms with Crippen LogP contribution >= 0.6 is 0 Å². The first-order chi connectivity index (χ1) is 8.79. The second-order valence-corrected chi connectivity index (χ2v) is 5.15. The van der Waals surface area contributed by atoms with Gasteiger partial charge in [-0.1, -0.05) is 24.3 Å². The van der Waals surface area contributed by atoms with Gasteiger partial charge in [-0.2, -0.15) is 13.2 Å². The van der Waals surface area contributed by atoms with E-state index in [0.29, 0.717) is 6.42 Å². The molecule has 0 saturated carbocycles. The van der Waals surface area contributed by atoms with Gasteiger partial charge in [-0.15, -0.1) is 0 Å². The van der Waals surface area contributed by atoms with Crippen LogP contribution in [0.3, 0.4) is 0 Å². The van der Waals surface area contributed by atoms with Crippen molar-refractivity contribution in [1.29, 1.82) is 0 Å². The minimum Gasteiger partial charge on any atom is -0.308 e. The van der Waals surface area contributed by atoms with Crippen LogP contribution in [0.25, 0.3) is 0 Å². The lowest BCUT2D eigenvalue weighted by molar-refractivity contribution is -0.135. The maximum atomic E-state index is 12.1. The summed E-state index contributed by atoms with van der Waals surface area (Å²) < 4.78 is 36.2. The number of aryl methyl sites for hydroxylation is 1. The number of hydrogen-bond acceptors (Lipinski definition) is 1. The first kappa shape index (κ1) is 16.0. The Labute approximate surface area is 113 Å². The minimum atomic E-state index is -4.04. The maximum absolute atomic E-state index is 12.1. The molecule has 1 aromatic carbocycles. The summed E-state index contributed by atoms with van der Waals surface area (Å²) in [7, 11) is 0. The zero-order chi connectivity index (χ0) is 14.5. The summed E-state index contributed by atoms with van der Waals surface area (Å²) in [5.74, 6) is 0. The number of halogens is 3. The molecule has 2 unspecified atom stereocenters. The zero-order valence-corrected chi connectivity index (χ0v) is 11.7. The number of rotatable bonds is 6. The maximum Gasteiger partial charge on any atom is 0.389 e. The second-order valence-electron chi connectivity index (χ2n) is 5.15. The van der Waals surface area contributed by atoms with Crippen LogP contribution in [0.5, 0.6) is 0 Å². The molecule has 0 aliphatic heterocycles. The molecule has 1 rings (SSSR count). The van der Waals surface area contributed by atoms with Crippen molar-refractivity contribution in [2.75, 3.05) is 0 Å². The Kier molecular flexibility index (Phi) is 5.85. The van der Waals surface area contributed by atoms with Crippen molar-refractivity contribution in [2.45, 2.75) is 58.3 Å². The van der Waals surface area contributed by atoms with Crippen LogP contribution in [0.1, 0.15) is 50.3 Å². The number of benzene rings is 1. The van der Waals surface area contributed by atoms with E-state index in [2.05, 4.69) is 11.4 Å². The van der Waals surface area contributed by atoms with Crippen molar-refractivity contribution in [3.05, 3.63) is 35.4 Å². The first-order valence-electron chi connectivity index (χ1n) is 6.68. The molecule has 0 aliphatic rings. The normalized spacial score (nSPS) is 15.3. The van der Waals surface area contributed by atoms with Crippen LogP contribution in [0.4, 0.5) is 13.2 Å². The van der Waals surface area contributed by atoms with Crippen LogP contribution in [-0.4, -0.2) is 12.2 Å². The van der Waals surface area contributed by atoms with Gasteiger partial charge in [0.25, 0.3) is 0 Å². The van der Waals surface area contributed by atoms with Crippen molar-refractivity contribution >= 4 is 0 Å². The van der Waals surface area contributed by atoms with E-state index in [-0.39, 0.29) is 18.5 Å². The quantitative estimate of drug-likeness (QED) is 0.787. The van der Waals surface area contributed by atoms with Gasteiger partial charge in [-0.05, 0) is 44.7 Å². The zero-order valence-electron chi connectivity index (χ0n) is 11.7. The molecule has 1 N–H and O–H groups in total. The summed E-state index contributed by atoms with van der Waals surface area (Å²) in [5.41, 5.74) is 2.40. The van der Waals surface area contributed by atoms with Crippen molar-refractivity contribution in [3.63, 3.8) is 0 Å². The number of alkyl halides is 3. The van der Waals surface area contributed by atoms with Crippen molar-refractivity contribution in [3.8, 4) is 0 Å². The third-order valence-corrected chi connectivity index (χ3v) is 3.29. The predicted molar refractivity (Wildman–Crippen MR) is 72.1 cm³/mol. The van der Waals surface area contributed by atoms with Crippen molar-refractivity contribution in [2.24, 2.45) is 0 Å². The Hall–Kier alpha value is -1.03. The fourth-order valence-electron chi connectivity index (χ4n) is 2.28. The van der Waals surface area contributed by atoms with Gasteiger partial charge in [0.1, 0.15) is 0 Å². The summed E-state index contributed by atoms with van der Waals surface area (Å²) >= 11 is 0. The van der Waals surface area contributed by atoms with Crippen LogP contribution in [0, 0.1) is 6.92 Å². The van der Waals surface area contributed by atoms with Gasteiger partial charge in [0, 0.05) is 18.5 Å². The van der Waals surface area contributed by atoms with Crippen molar-refractivity contribution < 1.29 is 13.2 Å². The van der Waals surface area contributed by atoms with Crippen LogP contribution in [0.15, 0.2) is 24.3 Å². The predicted octanol–water partition coefficient (Wildman–Crippen LogP) is 4.77. The highest BCUT2D eigenvalue weighted by atomic mass is 19.4. The minimum absolute atomic E-state index is 0.0805. The van der Waals surface area contributed by atoms with E-state index in [4.69, 9.17) is 0 Å². The lowest BCUT2D eigenvalue weighted by Crippen LogP contribution is -2.29. The van der Waals surface area contributed by atoms with Crippen LogP contribution in [0.2, 0.25) is 0 Å². The smallest absolute Gasteiger partial charge is 0.308 e. The van der Waals surface area contributed by atoms with E-state index >= 15 is 0 Å². The molecule has 2 atom stereocenters. The second kappa shape index (κ2) is 6.94. The number of nitrogens with one attached hydrogen (secondary N) is 1. The monoisotopic (exact) mass is 273 g/mol. The molecule has 1 nitrogen and oxygen atoms in total. The summed E-state index contributed by atoms with van der Waals surface area (Å²) in [5, 5.41) is 3.36. The van der Waals surface area contributed by atoms with Crippen LogP contribution in [-0.2, 0) is 0 Å². The Bertz CT molecular complexity index is 387. The van der Waals surface area contributed by atoms with E-state index in [9.17, 15) is 13.2 Å².